The van der Waals surface area contributed by atoms with E-state index in [1.807, 2.05) is 19.9 Å². The molecule has 3 N–H and O–H groups in total. The van der Waals surface area contributed by atoms with E-state index in [9.17, 15) is 9.90 Å². The molecule has 2 aromatic rings. The standard InChI is InChI=1S/C15H17N5O3/c1-9(2)8-23-12-4-3-10(7-11(12)17)14-13(15(21)22)18-19-20(14)6-5-16/h3-4,7,9H,6,8,17H2,1-2H3,(H,21,22). The maximum Gasteiger partial charge on any atom is 0.358 e. The fourth-order valence-corrected chi connectivity index (χ4v) is 2.00. The molecule has 120 valence electrons. The van der Waals surface area contributed by atoms with Crippen molar-refractivity contribution >= 4 is 11.7 Å². The second kappa shape index (κ2) is 6.79. The van der Waals surface area contributed by atoms with Crippen LogP contribution in [-0.4, -0.2) is 32.7 Å². The number of ether oxygens (including phenoxy) is 1. The second-order valence-electron chi connectivity index (χ2n) is 5.37. The molecule has 0 atom stereocenters. The van der Waals surface area contributed by atoms with Crippen molar-refractivity contribution in [3.8, 4) is 23.1 Å². The lowest BCUT2D eigenvalue weighted by Crippen LogP contribution is -2.07. The third kappa shape index (κ3) is 3.58. The highest BCUT2D eigenvalue weighted by Gasteiger charge is 2.21. The number of anilines is 1. The number of hydrogen-bond donors (Lipinski definition) is 2. The summed E-state index contributed by atoms with van der Waals surface area (Å²) in [5.41, 5.74) is 6.88. The number of nitrogens with zero attached hydrogens (tertiary/aromatic N) is 4. The number of nitrogens with two attached hydrogens (primary N) is 1. The number of rotatable bonds is 6. The molecule has 8 heteroatoms. The molecule has 1 heterocycles. The van der Waals surface area contributed by atoms with Crippen molar-refractivity contribution in [1.82, 2.24) is 15.0 Å². The minimum absolute atomic E-state index is 0.110. The smallest absolute Gasteiger partial charge is 0.358 e. The minimum atomic E-state index is -1.22. The van der Waals surface area contributed by atoms with Crippen LogP contribution in [0.5, 0.6) is 5.75 Å². The van der Waals surface area contributed by atoms with Crippen molar-refractivity contribution < 1.29 is 14.6 Å². The fourth-order valence-electron chi connectivity index (χ4n) is 2.00. The minimum Gasteiger partial charge on any atom is -0.491 e. The van der Waals surface area contributed by atoms with Gasteiger partial charge in [-0.1, -0.05) is 19.1 Å². The molecule has 0 saturated heterocycles. The molecule has 2 rings (SSSR count). The molecule has 0 unspecified atom stereocenters. The van der Waals surface area contributed by atoms with Crippen LogP contribution >= 0.6 is 0 Å². The summed E-state index contributed by atoms with van der Waals surface area (Å²) >= 11 is 0. The van der Waals surface area contributed by atoms with E-state index in [0.717, 1.165) is 0 Å². The summed E-state index contributed by atoms with van der Waals surface area (Å²) in [6.07, 6.45) is 0. The van der Waals surface area contributed by atoms with Crippen molar-refractivity contribution in [1.29, 1.82) is 5.26 Å². The molecule has 0 fully saturated rings. The maximum absolute atomic E-state index is 11.3. The molecule has 0 spiro atoms. The van der Waals surface area contributed by atoms with E-state index in [0.29, 0.717) is 29.5 Å². The Morgan fingerprint density at radius 1 is 1.52 bits per heavy atom. The molecule has 1 aromatic heterocycles. The Balaban J connectivity index is 2.42. The van der Waals surface area contributed by atoms with Crippen LogP contribution in [0, 0.1) is 17.2 Å². The average molecular weight is 315 g/mol. The van der Waals surface area contributed by atoms with E-state index in [4.69, 9.17) is 15.7 Å². The van der Waals surface area contributed by atoms with Gasteiger partial charge in [-0.05, 0) is 24.1 Å². The first-order valence-electron chi connectivity index (χ1n) is 7.00. The molecular weight excluding hydrogens is 298 g/mol. The van der Waals surface area contributed by atoms with Crippen LogP contribution in [0.15, 0.2) is 18.2 Å². The van der Waals surface area contributed by atoms with Gasteiger partial charge in [0.25, 0.3) is 0 Å². The van der Waals surface area contributed by atoms with E-state index in [-0.39, 0.29) is 17.9 Å². The molecule has 1 aromatic carbocycles. The molecule has 0 aliphatic rings. The number of aromatic nitrogens is 3. The predicted octanol–water partition coefficient (Wildman–Crippen LogP) is 1.78. The van der Waals surface area contributed by atoms with Crippen LogP contribution in [-0.2, 0) is 6.54 Å². The SMILES string of the molecule is CC(C)COc1ccc(-c2c(C(=O)O)nnn2CC#N)cc1N. The summed E-state index contributed by atoms with van der Waals surface area (Å²) in [5, 5.41) is 25.4. The molecule has 0 saturated carbocycles. The van der Waals surface area contributed by atoms with E-state index in [2.05, 4.69) is 10.3 Å². The monoisotopic (exact) mass is 315 g/mol. The first kappa shape index (κ1) is 16.3. The van der Waals surface area contributed by atoms with Gasteiger partial charge in [0.15, 0.2) is 5.69 Å². The molecule has 0 aliphatic carbocycles. The summed E-state index contributed by atoms with van der Waals surface area (Å²) in [5.74, 6) is -0.338. The summed E-state index contributed by atoms with van der Waals surface area (Å²) in [4.78, 5) is 11.3. The molecular formula is C15H17N5O3. The molecule has 23 heavy (non-hydrogen) atoms. The van der Waals surface area contributed by atoms with Crippen molar-refractivity contribution in [2.24, 2.45) is 5.92 Å². The molecule has 0 bridgehead atoms. The Labute approximate surface area is 133 Å². The van der Waals surface area contributed by atoms with Crippen LogP contribution in [0.3, 0.4) is 0 Å². The molecule has 0 radical (unpaired) electrons. The Kier molecular flexibility index (Phi) is 4.81. The highest BCUT2D eigenvalue weighted by molar-refractivity contribution is 5.93. The number of nitriles is 1. The molecule has 0 amide bonds. The Morgan fingerprint density at radius 2 is 2.26 bits per heavy atom. The summed E-state index contributed by atoms with van der Waals surface area (Å²) < 4.78 is 6.82. The number of nitrogen functional groups attached to an aromatic ring is 1. The van der Waals surface area contributed by atoms with Crippen molar-refractivity contribution in [3.63, 3.8) is 0 Å². The fraction of sp³-hybridized carbons (Fsp3) is 0.333. The second-order valence-corrected chi connectivity index (χ2v) is 5.37. The van der Waals surface area contributed by atoms with Gasteiger partial charge in [0.1, 0.15) is 18.0 Å². The molecule has 8 nitrogen and oxygen atoms in total. The lowest BCUT2D eigenvalue weighted by molar-refractivity contribution is 0.0691. The lowest BCUT2D eigenvalue weighted by Gasteiger charge is -2.12. The first-order valence-corrected chi connectivity index (χ1v) is 7.00. The van der Waals surface area contributed by atoms with Gasteiger partial charge in [0.05, 0.1) is 18.4 Å². The number of aromatic carboxylic acids is 1. The number of carboxylic acids is 1. The quantitative estimate of drug-likeness (QED) is 0.778. The predicted molar refractivity (Wildman–Crippen MR) is 82.8 cm³/mol. The third-order valence-electron chi connectivity index (χ3n) is 3.01. The van der Waals surface area contributed by atoms with Gasteiger partial charge in [-0.3, -0.25) is 0 Å². The number of hydrogen-bond acceptors (Lipinski definition) is 6. The van der Waals surface area contributed by atoms with Gasteiger partial charge in [-0.15, -0.1) is 5.10 Å². The van der Waals surface area contributed by atoms with E-state index in [1.54, 1.807) is 18.2 Å². The Morgan fingerprint density at radius 3 is 2.83 bits per heavy atom. The summed E-state index contributed by atoms with van der Waals surface area (Å²) in [6.45, 7) is 4.46. The maximum atomic E-state index is 11.3. The van der Waals surface area contributed by atoms with Gasteiger partial charge in [-0.2, -0.15) is 5.26 Å². The topological polar surface area (TPSA) is 127 Å². The van der Waals surface area contributed by atoms with Crippen LogP contribution in [0.1, 0.15) is 24.3 Å². The number of benzene rings is 1. The zero-order valence-electron chi connectivity index (χ0n) is 12.9. The van der Waals surface area contributed by atoms with Gasteiger partial charge in [-0.25, -0.2) is 9.48 Å². The third-order valence-corrected chi connectivity index (χ3v) is 3.01. The molecule has 0 aliphatic heterocycles. The lowest BCUT2D eigenvalue weighted by atomic mass is 10.1. The highest BCUT2D eigenvalue weighted by atomic mass is 16.5. The number of carbonyl (C=O) groups is 1. The largest absolute Gasteiger partial charge is 0.491 e. The van der Waals surface area contributed by atoms with Crippen LogP contribution in [0.2, 0.25) is 0 Å². The van der Waals surface area contributed by atoms with E-state index in [1.165, 1.54) is 4.68 Å². The first-order chi connectivity index (χ1) is 10.9. The Hall–Kier alpha value is -3.08. The van der Waals surface area contributed by atoms with Crippen molar-refractivity contribution in [2.45, 2.75) is 20.4 Å². The van der Waals surface area contributed by atoms with Crippen LogP contribution in [0.25, 0.3) is 11.3 Å². The van der Waals surface area contributed by atoms with Crippen LogP contribution in [0.4, 0.5) is 5.69 Å². The average Bonchev–Trinajstić information content (AvgIpc) is 2.90. The van der Waals surface area contributed by atoms with Gasteiger partial charge in [0.2, 0.25) is 0 Å². The summed E-state index contributed by atoms with van der Waals surface area (Å²) in [7, 11) is 0. The van der Waals surface area contributed by atoms with E-state index < -0.39 is 5.97 Å². The normalized spacial score (nSPS) is 10.5. The number of carboxylic acid groups (broad SMARTS) is 1. The van der Waals surface area contributed by atoms with Gasteiger partial charge in [0, 0.05) is 5.56 Å². The van der Waals surface area contributed by atoms with Crippen molar-refractivity contribution in [2.75, 3.05) is 12.3 Å². The Bertz CT molecular complexity index is 761. The summed E-state index contributed by atoms with van der Waals surface area (Å²) in [6, 6.07) is 6.85. The van der Waals surface area contributed by atoms with Gasteiger partial charge >= 0.3 is 5.97 Å². The van der Waals surface area contributed by atoms with Gasteiger partial charge < -0.3 is 15.6 Å². The van der Waals surface area contributed by atoms with Crippen LogP contribution < -0.4 is 10.5 Å². The highest BCUT2D eigenvalue weighted by Crippen LogP contribution is 2.30. The zero-order valence-corrected chi connectivity index (χ0v) is 12.9. The van der Waals surface area contributed by atoms with E-state index >= 15 is 0 Å². The zero-order chi connectivity index (χ0) is 17.0. The van der Waals surface area contributed by atoms with Crippen molar-refractivity contribution in [3.05, 3.63) is 23.9 Å².